The Kier molecular flexibility index (Phi) is 7.66. The first-order chi connectivity index (χ1) is 21.2. The lowest BCUT2D eigenvalue weighted by Gasteiger charge is -2.37. The number of ether oxygens (including phenoxy) is 1. The van der Waals surface area contributed by atoms with Gasteiger partial charge in [-0.05, 0) is 75.2 Å². The van der Waals surface area contributed by atoms with Crippen LogP contribution in [0.2, 0.25) is 0 Å². The zero-order chi connectivity index (χ0) is 30.8. The highest BCUT2D eigenvalue weighted by molar-refractivity contribution is 6.04. The van der Waals surface area contributed by atoms with E-state index in [9.17, 15) is 14.9 Å². The van der Waals surface area contributed by atoms with Gasteiger partial charge < -0.3 is 25.2 Å². The van der Waals surface area contributed by atoms with Crippen LogP contribution in [-0.4, -0.2) is 63.4 Å². The predicted octanol–water partition coefficient (Wildman–Crippen LogP) is 5.43. The number of piperazine rings is 1. The Morgan fingerprint density at radius 1 is 1.00 bits per heavy atom. The fraction of sp³-hybridized carbons (Fsp3) is 0.303. The molecule has 6 rings (SSSR count). The highest BCUT2D eigenvalue weighted by Gasteiger charge is 2.27. The Labute approximate surface area is 256 Å². The number of anilines is 4. The van der Waals surface area contributed by atoms with Crippen molar-refractivity contribution in [3.05, 3.63) is 83.6 Å². The van der Waals surface area contributed by atoms with Crippen LogP contribution in [0, 0.1) is 11.3 Å². The van der Waals surface area contributed by atoms with Gasteiger partial charge >= 0.3 is 6.09 Å². The Morgan fingerprint density at radius 3 is 2.45 bits per heavy atom. The molecule has 4 heterocycles. The molecule has 0 radical (unpaired) electrons. The van der Waals surface area contributed by atoms with Crippen molar-refractivity contribution in [1.82, 2.24) is 19.7 Å². The van der Waals surface area contributed by atoms with E-state index in [1.807, 2.05) is 31.5 Å². The Morgan fingerprint density at radius 2 is 1.77 bits per heavy atom. The highest BCUT2D eigenvalue weighted by Crippen LogP contribution is 2.35. The van der Waals surface area contributed by atoms with Crippen LogP contribution in [0.5, 0.6) is 0 Å². The molecule has 0 atom stereocenters. The second-order valence-electron chi connectivity index (χ2n) is 11.8. The number of benzene rings is 2. The lowest BCUT2D eigenvalue weighted by molar-refractivity contribution is 0.0240. The van der Waals surface area contributed by atoms with E-state index in [0.29, 0.717) is 48.1 Å². The van der Waals surface area contributed by atoms with Crippen LogP contribution in [0.1, 0.15) is 42.3 Å². The number of carbonyl (C=O) groups is 2. The van der Waals surface area contributed by atoms with Gasteiger partial charge in [0.2, 0.25) is 0 Å². The first-order valence-electron chi connectivity index (χ1n) is 14.6. The average molecular weight is 591 g/mol. The third-order valence-corrected chi connectivity index (χ3v) is 7.62. The summed E-state index contributed by atoms with van der Waals surface area (Å²) in [7, 11) is 0. The summed E-state index contributed by atoms with van der Waals surface area (Å²) in [4.78, 5) is 33.3. The predicted molar refractivity (Wildman–Crippen MR) is 168 cm³/mol. The molecular formula is C33H34N8O3. The Bertz CT molecular complexity index is 1730. The molecule has 11 nitrogen and oxygen atoms in total. The lowest BCUT2D eigenvalue weighted by Crippen LogP contribution is -2.50. The smallest absolute Gasteiger partial charge is 0.410 e. The minimum Gasteiger partial charge on any atom is -0.444 e. The van der Waals surface area contributed by atoms with Crippen molar-refractivity contribution in [2.24, 2.45) is 0 Å². The quantitative estimate of drug-likeness (QED) is 0.322. The van der Waals surface area contributed by atoms with Crippen molar-refractivity contribution < 1.29 is 14.3 Å². The molecule has 0 bridgehead atoms. The number of carbonyl (C=O) groups excluding carboxylic acids is 2. The molecule has 1 fully saturated rings. The number of hydrogen-bond acceptors (Lipinski definition) is 8. The third kappa shape index (κ3) is 6.06. The second-order valence-corrected chi connectivity index (χ2v) is 11.8. The van der Waals surface area contributed by atoms with E-state index < -0.39 is 5.60 Å². The zero-order valence-corrected chi connectivity index (χ0v) is 25.0. The number of aromatic nitrogens is 3. The molecule has 2 aliphatic heterocycles. The first kappa shape index (κ1) is 28.7. The number of rotatable bonds is 4. The summed E-state index contributed by atoms with van der Waals surface area (Å²) in [5.41, 5.74) is 4.90. The topological polar surface area (TPSA) is 128 Å². The van der Waals surface area contributed by atoms with Crippen LogP contribution in [-0.2, 0) is 17.7 Å². The third-order valence-electron chi connectivity index (χ3n) is 7.62. The van der Waals surface area contributed by atoms with E-state index in [1.165, 1.54) is 0 Å². The van der Waals surface area contributed by atoms with Crippen LogP contribution in [0.15, 0.2) is 66.9 Å². The molecule has 2 amide bonds. The fourth-order valence-electron chi connectivity index (χ4n) is 5.40. The molecule has 2 aliphatic rings. The van der Waals surface area contributed by atoms with Gasteiger partial charge in [0.1, 0.15) is 34.6 Å². The van der Waals surface area contributed by atoms with Gasteiger partial charge in [0.25, 0.3) is 5.91 Å². The summed E-state index contributed by atoms with van der Waals surface area (Å²) in [6, 6.07) is 21.0. The SMILES string of the molecule is CC(C)(C)OC(=O)N1CCN(c2ccc3c(c2)CCn2nc(-c4ccc(C(=O)Nc5ccccn5)cc4)c(C#N)c2N3)CC1. The van der Waals surface area contributed by atoms with E-state index in [1.54, 1.807) is 53.6 Å². The average Bonchev–Trinajstić information content (AvgIpc) is 3.26. The van der Waals surface area contributed by atoms with Gasteiger partial charge in [-0.15, -0.1) is 0 Å². The van der Waals surface area contributed by atoms with E-state index in [4.69, 9.17) is 9.84 Å². The molecule has 4 aromatic rings. The molecule has 0 spiro atoms. The summed E-state index contributed by atoms with van der Waals surface area (Å²) >= 11 is 0. The zero-order valence-electron chi connectivity index (χ0n) is 25.0. The first-order valence-corrected chi connectivity index (χ1v) is 14.6. The van der Waals surface area contributed by atoms with Crippen LogP contribution in [0.25, 0.3) is 11.3 Å². The number of amides is 2. The summed E-state index contributed by atoms with van der Waals surface area (Å²) in [5, 5.41) is 21.2. The normalized spacial score (nSPS) is 14.4. The van der Waals surface area contributed by atoms with Crippen molar-refractivity contribution in [1.29, 1.82) is 5.26 Å². The van der Waals surface area contributed by atoms with Crippen molar-refractivity contribution in [2.45, 2.75) is 39.3 Å². The molecule has 2 aromatic heterocycles. The van der Waals surface area contributed by atoms with Crippen LogP contribution >= 0.6 is 0 Å². The molecule has 2 aromatic carbocycles. The van der Waals surface area contributed by atoms with Crippen molar-refractivity contribution in [3.8, 4) is 17.3 Å². The summed E-state index contributed by atoms with van der Waals surface area (Å²) in [5.74, 6) is 0.862. The number of nitrogens with one attached hydrogen (secondary N) is 2. The maximum atomic E-state index is 12.7. The summed E-state index contributed by atoms with van der Waals surface area (Å²) in [6.07, 6.45) is 2.08. The second kappa shape index (κ2) is 11.7. The number of fused-ring (bicyclic) bond motifs is 2. The lowest BCUT2D eigenvalue weighted by atomic mass is 10.1. The van der Waals surface area contributed by atoms with Gasteiger partial charge in [0.05, 0.1) is 0 Å². The minimum absolute atomic E-state index is 0.265. The molecule has 2 N–H and O–H groups in total. The molecular weight excluding hydrogens is 556 g/mol. The van der Waals surface area contributed by atoms with Crippen molar-refractivity contribution in [3.63, 3.8) is 0 Å². The monoisotopic (exact) mass is 590 g/mol. The van der Waals surface area contributed by atoms with E-state index in [-0.39, 0.29) is 12.0 Å². The fourth-order valence-corrected chi connectivity index (χ4v) is 5.40. The summed E-state index contributed by atoms with van der Waals surface area (Å²) < 4.78 is 7.37. The van der Waals surface area contributed by atoms with Crippen LogP contribution in [0.4, 0.5) is 27.8 Å². The number of pyridine rings is 1. The maximum absolute atomic E-state index is 12.7. The molecule has 44 heavy (non-hydrogen) atoms. The number of nitriles is 1. The largest absolute Gasteiger partial charge is 0.444 e. The van der Waals surface area contributed by atoms with Crippen LogP contribution in [0.3, 0.4) is 0 Å². The number of hydrogen-bond donors (Lipinski definition) is 2. The highest BCUT2D eigenvalue weighted by atomic mass is 16.6. The molecule has 224 valence electrons. The number of nitrogens with zero attached hydrogens (tertiary/aromatic N) is 6. The van der Waals surface area contributed by atoms with Crippen molar-refractivity contribution in [2.75, 3.05) is 41.7 Å². The van der Waals surface area contributed by atoms with Gasteiger partial charge in [-0.3, -0.25) is 4.79 Å². The Balaban J connectivity index is 1.15. The number of aryl methyl sites for hydroxylation is 2. The van der Waals surface area contributed by atoms with Gasteiger partial charge in [-0.2, -0.15) is 10.4 Å². The van der Waals surface area contributed by atoms with E-state index in [2.05, 4.69) is 38.7 Å². The maximum Gasteiger partial charge on any atom is 0.410 e. The molecule has 0 aliphatic carbocycles. The molecule has 0 saturated carbocycles. The summed E-state index contributed by atoms with van der Waals surface area (Å²) in [6.45, 7) is 8.88. The molecule has 11 heteroatoms. The van der Waals surface area contributed by atoms with E-state index >= 15 is 0 Å². The minimum atomic E-state index is -0.512. The standard InChI is InChI=1S/C33H34N8O3/c1-33(2,3)44-32(43)40-18-16-39(17-19-40)25-11-12-27-24(20-25)13-15-41-30(36-27)26(21-34)29(38-41)22-7-9-23(10-8-22)31(42)37-28-6-4-5-14-35-28/h4-12,14,20,36H,13,15-19H2,1-3H3,(H,35,37,42). The van der Waals surface area contributed by atoms with E-state index in [0.717, 1.165) is 42.0 Å². The Hall–Kier alpha value is -5.37. The van der Waals surface area contributed by atoms with Crippen LogP contribution < -0.4 is 15.5 Å². The molecule has 1 saturated heterocycles. The van der Waals surface area contributed by atoms with Gasteiger partial charge in [-0.1, -0.05) is 18.2 Å². The van der Waals surface area contributed by atoms with Gasteiger partial charge in [0, 0.05) is 61.4 Å². The van der Waals surface area contributed by atoms with Gasteiger partial charge in [0.15, 0.2) is 0 Å². The van der Waals surface area contributed by atoms with Gasteiger partial charge in [-0.25, -0.2) is 14.5 Å². The van der Waals surface area contributed by atoms with Crippen molar-refractivity contribution >= 4 is 35.0 Å². The molecule has 0 unspecified atom stereocenters.